The van der Waals surface area contributed by atoms with Crippen LogP contribution in [-0.2, 0) is 15.1 Å². The zero-order chi connectivity index (χ0) is 19.1. The number of benzene rings is 1. The number of aryl methyl sites for hydroxylation is 2. The summed E-state index contributed by atoms with van der Waals surface area (Å²) < 4.78 is 5.25. The molecule has 0 unspecified atom stereocenters. The van der Waals surface area contributed by atoms with Crippen molar-refractivity contribution in [2.45, 2.75) is 26.3 Å². The van der Waals surface area contributed by atoms with Gasteiger partial charge < -0.3 is 15.1 Å². The quantitative estimate of drug-likeness (QED) is 0.803. The minimum absolute atomic E-state index is 0.302. The van der Waals surface area contributed by atoms with Gasteiger partial charge in [-0.3, -0.25) is 14.5 Å². The third-order valence-corrected chi connectivity index (χ3v) is 4.58. The second kappa shape index (κ2) is 6.49. The SMILES string of the molecule is Cc1cc(C)c(NC(=O)CN2C(=O)N[C@@](C)(c3ccco3)C2=O)c(Cl)c1. The minimum atomic E-state index is -1.34. The van der Waals surface area contributed by atoms with Crippen LogP contribution in [0, 0.1) is 13.8 Å². The van der Waals surface area contributed by atoms with E-state index in [0.717, 1.165) is 16.0 Å². The van der Waals surface area contributed by atoms with Gasteiger partial charge in [0.15, 0.2) is 5.54 Å². The van der Waals surface area contributed by atoms with Gasteiger partial charge in [-0.1, -0.05) is 17.7 Å². The zero-order valence-corrected chi connectivity index (χ0v) is 15.3. The number of hydrogen-bond acceptors (Lipinski definition) is 4. The molecule has 1 aromatic heterocycles. The molecule has 0 radical (unpaired) electrons. The molecule has 1 fully saturated rings. The molecule has 1 aliphatic rings. The van der Waals surface area contributed by atoms with Crippen molar-refractivity contribution in [1.82, 2.24) is 10.2 Å². The van der Waals surface area contributed by atoms with Gasteiger partial charge in [-0.2, -0.15) is 0 Å². The van der Waals surface area contributed by atoms with Crippen molar-refractivity contribution >= 4 is 35.1 Å². The standard InChI is InChI=1S/C18H18ClN3O4/c1-10-7-11(2)15(12(19)8-10)20-14(23)9-22-16(24)18(3,21-17(22)25)13-5-4-6-26-13/h4-8H,9H2,1-3H3,(H,20,23)(H,21,25)/t18-/m0/s1. The molecule has 2 heterocycles. The maximum Gasteiger partial charge on any atom is 0.325 e. The number of imide groups is 1. The van der Waals surface area contributed by atoms with Crippen LogP contribution in [0.25, 0.3) is 0 Å². The van der Waals surface area contributed by atoms with Crippen LogP contribution in [-0.4, -0.2) is 29.3 Å². The number of carbonyl (C=O) groups is 3. The van der Waals surface area contributed by atoms with E-state index in [1.165, 1.54) is 13.2 Å². The Morgan fingerprint density at radius 1 is 1.35 bits per heavy atom. The molecule has 4 amide bonds. The Kier molecular flexibility index (Phi) is 4.50. The highest BCUT2D eigenvalue weighted by molar-refractivity contribution is 6.34. The maximum atomic E-state index is 12.7. The molecule has 1 aromatic carbocycles. The number of rotatable bonds is 4. The van der Waals surface area contributed by atoms with Crippen LogP contribution in [0.3, 0.4) is 0 Å². The molecule has 2 N–H and O–H groups in total. The fourth-order valence-electron chi connectivity index (χ4n) is 2.97. The first-order chi connectivity index (χ1) is 12.2. The zero-order valence-electron chi connectivity index (χ0n) is 14.6. The van der Waals surface area contributed by atoms with Crippen molar-refractivity contribution in [2.24, 2.45) is 0 Å². The molecule has 136 valence electrons. The Labute approximate surface area is 155 Å². The van der Waals surface area contributed by atoms with Gasteiger partial charge in [0.1, 0.15) is 12.3 Å². The van der Waals surface area contributed by atoms with Gasteiger partial charge in [-0.15, -0.1) is 0 Å². The molecular formula is C18H18ClN3O4. The van der Waals surface area contributed by atoms with Gasteiger partial charge in [-0.25, -0.2) is 4.79 Å². The molecular weight excluding hydrogens is 358 g/mol. The van der Waals surface area contributed by atoms with E-state index in [0.29, 0.717) is 16.5 Å². The van der Waals surface area contributed by atoms with Gasteiger partial charge in [0.2, 0.25) is 5.91 Å². The molecule has 0 aliphatic carbocycles. The number of nitrogens with one attached hydrogen (secondary N) is 2. The average Bonchev–Trinajstić information content (AvgIpc) is 3.16. The van der Waals surface area contributed by atoms with Crippen molar-refractivity contribution in [3.8, 4) is 0 Å². The Hall–Kier alpha value is -2.80. The molecule has 1 atom stereocenters. The highest BCUT2D eigenvalue weighted by Crippen LogP contribution is 2.30. The van der Waals surface area contributed by atoms with E-state index in [2.05, 4.69) is 10.6 Å². The number of amides is 4. The van der Waals surface area contributed by atoms with Crippen molar-refractivity contribution in [3.63, 3.8) is 0 Å². The smallest absolute Gasteiger partial charge is 0.325 e. The fourth-order valence-corrected chi connectivity index (χ4v) is 3.34. The molecule has 2 aromatic rings. The minimum Gasteiger partial charge on any atom is -0.466 e. The number of nitrogens with zero attached hydrogens (tertiary/aromatic N) is 1. The van der Waals surface area contributed by atoms with E-state index in [1.54, 1.807) is 18.2 Å². The third kappa shape index (κ3) is 3.06. The van der Waals surface area contributed by atoms with Crippen LogP contribution in [0.2, 0.25) is 5.02 Å². The van der Waals surface area contributed by atoms with Crippen molar-refractivity contribution in [2.75, 3.05) is 11.9 Å². The molecule has 0 bridgehead atoms. The Morgan fingerprint density at radius 2 is 2.08 bits per heavy atom. The molecule has 8 heteroatoms. The number of furan rings is 1. The number of hydrogen-bond donors (Lipinski definition) is 2. The number of anilines is 1. The summed E-state index contributed by atoms with van der Waals surface area (Å²) in [6.45, 7) is 4.82. The molecule has 26 heavy (non-hydrogen) atoms. The van der Waals surface area contributed by atoms with Crippen molar-refractivity contribution < 1.29 is 18.8 Å². The molecule has 0 saturated carbocycles. The highest BCUT2D eigenvalue weighted by atomic mass is 35.5. The van der Waals surface area contributed by atoms with Crippen molar-refractivity contribution in [1.29, 1.82) is 0 Å². The van der Waals surface area contributed by atoms with E-state index in [-0.39, 0.29) is 0 Å². The van der Waals surface area contributed by atoms with E-state index in [9.17, 15) is 14.4 Å². The second-order valence-electron chi connectivity index (χ2n) is 6.41. The van der Waals surface area contributed by atoms with Gasteiger partial charge in [0.25, 0.3) is 5.91 Å². The van der Waals surface area contributed by atoms with Gasteiger partial charge in [-0.05, 0) is 50.1 Å². The summed E-state index contributed by atoms with van der Waals surface area (Å²) in [6, 6.07) is 6.17. The summed E-state index contributed by atoms with van der Waals surface area (Å²) in [5, 5.41) is 5.63. The third-order valence-electron chi connectivity index (χ3n) is 4.29. The lowest BCUT2D eigenvalue weighted by Gasteiger charge is -2.19. The summed E-state index contributed by atoms with van der Waals surface area (Å²) in [4.78, 5) is 38.1. The number of carbonyl (C=O) groups excluding carboxylic acids is 3. The van der Waals surface area contributed by atoms with Crippen molar-refractivity contribution in [3.05, 3.63) is 52.4 Å². The Bertz CT molecular complexity index is 871. The summed E-state index contributed by atoms with van der Waals surface area (Å²) in [7, 11) is 0. The Morgan fingerprint density at radius 3 is 2.69 bits per heavy atom. The van der Waals surface area contributed by atoms with Gasteiger partial charge >= 0.3 is 6.03 Å². The van der Waals surface area contributed by atoms with Crippen LogP contribution in [0.4, 0.5) is 10.5 Å². The van der Waals surface area contributed by atoms with Crippen LogP contribution in [0.5, 0.6) is 0 Å². The van der Waals surface area contributed by atoms with Crippen LogP contribution < -0.4 is 10.6 Å². The monoisotopic (exact) mass is 375 g/mol. The maximum absolute atomic E-state index is 12.7. The molecule has 1 aliphatic heterocycles. The summed E-state index contributed by atoms with van der Waals surface area (Å²) in [5.74, 6) is -0.776. The first-order valence-corrected chi connectivity index (χ1v) is 8.35. The first kappa shape index (κ1) is 18.0. The lowest BCUT2D eigenvalue weighted by atomic mass is 9.99. The van der Waals surface area contributed by atoms with E-state index in [1.807, 2.05) is 19.9 Å². The topological polar surface area (TPSA) is 91.7 Å². The highest BCUT2D eigenvalue weighted by Gasteiger charge is 2.51. The van der Waals surface area contributed by atoms with E-state index in [4.69, 9.17) is 16.0 Å². The second-order valence-corrected chi connectivity index (χ2v) is 6.82. The normalized spacial score (nSPS) is 19.6. The molecule has 3 rings (SSSR count). The summed E-state index contributed by atoms with van der Waals surface area (Å²) >= 11 is 6.18. The fraction of sp³-hybridized carbons (Fsp3) is 0.278. The van der Waals surface area contributed by atoms with E-state index >= 15 is 0 Å². The largest absolute Gasteiger partial charge is 0.466 e. The van der Waals surface area contributed by atoms with Crippen LogP contribution >= 0.6 is 11.6 Å². The number of halogens is 1. The van der Waals surface area contributed by atoms with Crippen LogP contribution in [0.1, 0.15) is 23.8 Å². The summed E-state index contributed by atoms with van der Waals surface area (Å²) in [6.07, 6.45) is 1.41. The molecule has 1 saturated heterocycles. The lowest BCUT2D eigenvalue weighted by Crippen LogP contribution is -2.41. The first-order valence-electron chi connectivity index (χ1n) is 7.97. The molecule has 7 nitrogen and oxygen atoms in total. The predicted octanol–water partition coefficient (Wildman–Crippen LogP) is 2.96. The predicted molar refractivity (Wildman–Crippen MR) is 95.9 cm³/mol. The molecule has 0 spiro atoms. The lowest BCUT2D eigenvalue weighted by molar-refractivity contribution is -0.134. The number of urea groups is 1. The van der Waals surface area contributed by atoms with Gasteiger partial charge in [0, 0.05) is 0 Å². The summed E-state index contributed by atoms with van der Waals surface area (Å²) in [5.41, 5.74) is 0.885. The van der Waals surface area contributed by atoms with E-state index < -0.39 is 29.9 Å². The Balaban J connectivity index is 1.76. The van der Waals surface area contributed by atoms with Gasteiger partial charge in [0.05, 0.1) is 17.0 Å². The van der Waals surface area contributed by atoms with Crippen LogP contribution in [0.15, 0.2) is 34.9 Å². The average molecular weight is 376 g/mol.